The third-order valence-electron chi connectivity index (χ3n) is 3.51. The second-order valence-electron chi connectivity index (χ2n) is 4.57. The smallest absolute Gasteiger partial charge is 0.249 e. The van der Waals surface area contributed by atoms with E-state index < -0.39 is 5.54 Å². The maximum atomic E-state index is 12.4. The molecule has 1 fully saturated rings. The van der Waals surface area contributed by atoms with E-state index in [0.29, 0.717) is 19.4 Å². The van der Waals surface area contributed by atoms with E-state index in [1.54, 1.807) is 12.0 Å². The van der Waals surface area contributed by atoms with Gasteiger partial charge in [0, 0.05) is 7.11 Å². The van der Waals surface area contributed by atoms with Crippen molar-refractivity contribution in [2.45, 2.75) is 45.2 Å². The van der Waals surface area contributed by atoms with E-state index in [4.69, 9.17) is 4.74 Å². The zero-order valence-electron chi connectivity index (χ0n) is 11.1. The number of nitrogens with one attached hydrogen (secondary N) is 1. The van der Waals surface area contributed by atoms with Crippen molar-refractivity contribution in [3.63, 3.8) is 0 Å². The van der Waals surface area contributed by atoms with Gasteiger partial charge in [0.15, 0.2) is 0 Å². The number of hydrogen-bond acceptors (Lipinski definition) is 3. The first-order chi connectivity index (χ1) is 8.00. The molecule has 0 radical (unpaired) electrons. The predicted molar refractivity (Wildman–Crippen MR) is 64.5 cm³/mol. The third kappa shape index (κ3) is 2.60. The lowest BCUT2D eigenvalue weighted by atomic mass is 9.88. The van der Waals surface area contributed by atoms with E-state index in [9.17, 15) is 9.59 Å². The molecule has 17 heavy (non-hydrogen) atoms. The molecule has 0 aromatic heterocycles. The Bertz CT molecular complexity index is 300. The Morgan fingerprint density at radius 2 is 2.00 bits per heavy atom. The Morgan fingerprint density at radius 3 is 2.47 bits per heavy atom. The van der Waals surface area contributed by atoms with Crippen molar-refractivity contribution < 1.29 is 14.3 Å². The molecule has 0 saturated carbocycles. The number of hydrogen-bond donors (Lipinski definition) is 1. The molecule has 2 amide bonds. The summed E-state index contributed by atoms with van der Waals surface area (Å²) in [4.78, 5) is 25.8. The fourth-order valence-corrected chi connectivity index (χ4v) is 2.28. The van der Waals surface area contributed by atoms with Crippen LogP contribution in [0.5, 0.6) is 0 Å². The lowest BCUT2D eigenvalue weighted by molar-refractivity contribution is -0.153. The SMILES string of the molecule is CCC1(CC)NC(=O)CN(C(C)COC)C1=O. The summed E-state index contributed by atoms with van der Waals surface area (Å²) in [5, 5.41) is 2.83. The largest absolute Gasteiger partial charge is 0.383 e. The number of ether oxygens (including phenoxy) is 1. The van der Waals surface area contributed by atoms with Crippen LogP contribution in [0, 0.1) is 0 Å². The van der Waals surface area contributed by atoms with Gasteiger partial charge in [-0.1, -0.05) is 13.8 Å². The van der Waals surface area contributed by atoms with Crippen molar-refractivity contribution in [1.82, 2.24) is 10.2 Å². The number of nitrogens with zero attached hydrogens (tertiary/aromatic N) is 1. The number of rotatable bonds is 5. The molecule has 5 nitrogen and oxygen atoms in total. The molecule has 1 heterocycles. The molecule has 1 aliphatic rings. The van der Waals surface area contributed by atoms with Gasteiger partial charge in [-0.2, -0.15) is 0 Å². The highest BCUT2D eigenvalue weighted by Gasteiger charge is 2.45. The average molecular weight is 242 g/mol. The molecule has 0 spiro atoms. The van der Waals surface area contributed by atoms with Crippen LogP contribution in [0.2, 0.25) is 0 Å². The fourth-order valence-electron chi connectivity index (χ4n) is 2.28. The minimum Gasteiger partial charge on any atom is -0.383 e. The number of amides is 2. The summed E-state index contributed by atoms with van der Waals surface area (Å²) in [7, 11) is 1.60. The predicted octanol–water partition coefficient (Wildman–Crippen LogP) is 0.538. The van der Waals surface area contributed by atoms with Crippen LogP contribution in [-0.2, 0) is 14.3 Å². The second kappa shape index (κ2) is 5.49. The summed E-state index contributed by atoms with van der Waals surface area (Å²) in [6.07, 6.45) is 1.23. The zero-order chi connectivity index (χ0) is 13.1. The summed E-state index contributed by atoms with van der Waals surface area (Å²) in [6.45, 7) is 6.32. The Kier molecular flexibility index (Phi) is 4.51. The summed E-state index contributed by atoms with van der Waals surface area (Å²) in [6, 6.07) is -0.0731. The molecular weight excluding hydrogens is 220 g/mol. The van der Waals surface area contributed by atoms with E-state index in [1.807, 2.05) is 20.8 Å². The van der Waals surface area contributed by atoms with Gasteiger partial charge in [0.25, 0.3) is 0 Å². The first-order valence-electron chi connectivity index (χ1n) is 6.11. The van der Waals surface area contributed by atoms with Crippen molar-refractivity contribution in [1.29, 1.82) is 0 Å². The average Bonchev–Trinajstić information content (AvgIpc) is 2.32. The van der Waals surface area contributed by atoms with Gasteiger partial charge in [0.1, 0.15) is 5.54 Å². The topological polar surface area (TPSA) is 58.6 Å². The molecule has 1 unspecified atom stereocenters. The standard InChI is InChI=1S/C12H22N2O3/c1-5-12(6-2)11(16)14(7-10(15)13-12)9(3)8-17-4/h9H,5-8H2,1-4H3,(H,13,15). The first kappa shape index (κ1) is 14.0. The Balaban J connectivity index is 2.92. The number of carbonyl (C=O) groups excluding carboxylic acids is 2. The Morgan fingerprint density at radius 1 is 1.41 bits per heavy atom. The number of methoxy groups -OCH3 is 1. The van der Waals surface area contributed by atoms with Gasteiger partial charge in [-0.05, 0) is 19.8 Å². The molecule has 1 saturated heterocycles. The highest BCUT2D eigenvalue weighted by molar-refractivity contribution is 5.98. The minimum atomic E-state index is -0.725. The lowest BCUT2D eigenvalue weighted by Crippen LogP contribution is -2.68. The van der Waals surface area contributed by atoms with Crippen molar-refractivity contribution in [2.24, 2.45) is 0 Å². The van der Waals surface area contributed by atoms with Crippen LogP contribution in [-0.4, -0.2) is 48.6 Å². The van der Waals surface area contributed by atoms with Gasteiger partial charge in [-0.3, -0.25) is 9.59 Å². The van der Waals surface area contributed by atoms with Crippen LogP contribution in [0.25, 0.3) is 0 Å². The van der Waals surface area contributed by atoms with Gasteiger partial charge in [-0.15, -0.1) is 0 Å². The van der Waals surface area contributed by atoms with Crippen LogP contribution in [0.1, 0.15) is 33.6 Å². The summed E-state index contributed by atoms with van der Waals surface area (Å²) in [5.41, 5.74) is -0.725. The molecular formula is C12H22N2O3. The van der Waals surface area contributed by atoms with Crippen LogP contribution in [0.15, 0.2) is 0 Å². The second-order valence-corrected chi connectivity index (χ2v) is 4.57. The molecule has 0 aromatic carbocycles. The van der Waals surface area contributed by atoms with Gasteiger partial charge >= 0.3 is 0 Å². The van der Waals surface area contributed by atoms with Crippen LogP contribution in [0.3, 0.4) is 0 Å². The van der Waals surface area contributed by atoms with Crippen molar-refractivity contribution >= 4 is 11.8 Å². The molecule has 0 aliphatic carbocycles. The van der Waals surface area contributed by atoms with E-state index in [0.717, 1.165) is 0 Å². The van der Waals surface area contributed by atoms with Crippen LogP contribution in [0.4, 0.5) is 0 Å². The van der Waals surface area contributed by atoms with E-state index in [1.165, 1.54) is 0 Å². The monoisotopic (exact) mass is 242 g/mol. The van der Waals surface area contributed by atoms with Gasteiger partial charge in [0.2, 0.25) is 11.8 Å². The first-order valence-corrected chi connectivity index (χ1v) is 6.11. The molecule has 98 valence electrons. The summed E-state index contributed by atoms with van der Waals surface area (Å²) >= 11 is 0. The van der Waals surface area contributed by atoms with Gasteiger partial charge in [-0.25, -0.2) is 0 Å². The Hall–Kier alpha value is -1.10. The highest BCUT2D eigenvalue weighted by atomic mass is 16.5. The maximum absolute atomic E-state index is 12.4. The van der Waals surface area contributed by atoms with Gasteiger partial charge < -0.3 is 15.0 Å². The summed E-state index contributed by atoms with van der Waals surface area (Å²) < 4.78 is 5.05. The lowest BCUT2D eigenvalue weighted by Gasteiger charge is -2.43. The molecule has 1 rings (SSSR count). The van der Waals surface area contributed by atoms with Crippen molar-refractivity contribution in [3.05, 3.63) is 0 Å². The molecule has 0 aromatic rings. The van der Waals surface area contributed by atoms with Gasteiger partial charge in [0.05, 0.1) is 19.2 Å². The summed E-state index contributed by atoms with van der Waals surface area (Å²) in [5.74, 6) is -0.0806. The highest BCUT2D eigenvalue weighted by Crippen LogP contribution is 2.23. The minimum absolute atomic E-state index is 0.00616. The maximum Gasteiger partial charge on any atom is 0.249 e. The molecule has 5 heteroatoms. The van der Waals surface area contributed by atoms with Crippen molar-refractivity contribution in [2.75, 3.05) is 20.3 Å². The molecule has 1 aliphatic heterocycles. The van der Waals surface area contributed by atoms with Crippen LogP contribution < -0.4 is 5.32 Å². The normalized spacial score (nSPS) is 21.3. The zero-order valence-corrected chi connectivity index (χ0v) is 11.1. The quantitative estimate of drug-likeness (QED) is 0.765. The van der Waals surface area contributed by atoms with E-state index in [-0.39, 0.29) is 24.4 Å². The Labute approximate surface area is 102 Å². The third-order valence-corrected chi connectivity index (χ3v) is 3.51. The number of piperazine rings is 1. The van der Waals surface area contributed by atoms with E-state index in [2.05, 4.69) is 5.32 Å². The number of carbonyl (C=O) groups is 2. The molecule has 1 N–H and O–H groups in total. The fraction of sp³-hybridized carbons (Fsp3) is 0.833. The molecule has 0 bridgehead atoms. The van der Waals surface area contributed by atoms with Crippen molar-refractivity contribution in [3.8, 4) is 0 Å². The molecule has 1 atom stereocenters. The van der Waals surface area contributed by atoms with Crippen LogP contribution >= 0.6 is 0 Å². The van der Waals surface area contributed by atoms with E-state index >= 15 is 0 Å².